The zero-order valence-corrected chi connectivity index (χ0v) is 12.3. The van der Waals surface area contributed by atoms with Crippen molar-refractivity contribution in [3.63, 3.8) is 0 Å². The Morgan fingerprint density at radius 3 is 2.86 bits per heavy atom. The summed E-state index contributed by atoms with van der Waals surface area (Å²) in [5.74, 6) is 0.785. The first-order valence-electron chi connectivity index (χ1n) is 7.60. The monoisotopic (exact) mass is 287 g/mol. The fourth-order valence-corrected chi connectivity index (χ4v) is 2.87. The van der Waals surface area contributed by atoms with Gasteiger partial charge in [0.05, 0.1) is 6.54 Å². The summed E-state index contributed by atoms with van der Waals surface area (Å²) in [5.41, 5.74) is 1.51. The molecular formula is C16H21N3O2. The molecule has 1 aliphatic carbocycles. The molecule has 5 heteroatoms. The van der Waals surface area contributed by atoms with E-state index in [0.29, 0.717) is 12.6 Å². The van der Waals surface area contributed by atoms with Gasteiger partial charge in [0.25, 0.3) is 0 Å². The Hall–Kier alpha value is -2.04. The number of amides is 2. The van der Waals surface area contributed by atoms with Crippen LogP contribution in [0.3, 0.4) is 0 Å². The first-order valence-corrected chi connectivity index (χ1v) is 7.60. The van der Waals surface area contributed by atoms with Crippen molar-refractivity contribution in [1.29, 1.82) is 0 Å². The Labute approximate surface area is 124 Å². The number of carbonyl (C=O) groups is 1. The van der Waals surface area contributed by atoms with Crippen LogP contribution in [0.4, 0.5) is 4.79 Å². The normalized spacial score (nSPS) is 22.1. The second-order valence-electron chi connectivity index (χ2n) is 5.91. The van der Waals surface area contributed by atoms with Gasteiger partial charge < -0.3 is 15.2 Å². The highest BCUT2D eigenvalue weighted by atomic mass is 16.5. The van der Waals surface area contributed by atoms with Crippen LogP contribution in [0.5, 0.6) is 0 Å². The van der Waals surface area contributed by atoms with Crippen molar-refractivity contribution >= 4 is 17.0 Å². The number of benzene rings is 1. The molecule has 1 aromatic carbocycles. The molecule has 0 spiro atoms. The second kappa shape index (κ2) is 6.16. The molecule has 5 nitrogen and oxygen atoms in total. The number of hydrogen-bond acceptors (Lipinski definition) is 3. The second-order valence-corrected chi connectivity index (χ2v) is 5.91. The fraction of sp³-hybridized carbons (Fsp3) is 0.500. The van der Waals surface area contributed by atoms with Crippen LogP contribution in [-0.4, -0.2) is 17.2 Å². The van der Waals surface area contributed by atoms with Crippen molar-refractivity contribution in [2.24, 2.45) is 5.92 Å². The van der Waals surface area contributed by atoms with E-state index in [-0.39, 0.29) is 6.03 Å². The molecule has 0 atom stereocenters. The van der Waals surface area contributed by atoms with E-state index in [1.54, 1.807) is 0 Å². The number of para-hydroxylation sites is 1. The van der Waals surface area contributed by atoms with Crippen LogP contribution in [-0.2, 0) is 6.54 Å². The van der Waals surface area contributed by atoms with Crippen molar-refractivity contribution in [2.75, 3.05) is 0 Å². The topological polar surface area (TPSA) is 67.2 Å². The van der Waals surface area contributed by atoms with E-state index in [9.17, 15) is 4.79 Å². The highest BCUT2D eigenvalue weighted by molar-refractivity contribution is 5.80. The SMILES string of the molecule is CC1CCC(NC(=O)NCc2noc3ccccc23)CC1. The maximum Gasteiger partial charge on any atom is 0.315 e. The van der Waals surface area contributed by atoms with Gasteiger partial charge in [-0.2, -0.15) is 0 Å². The zero-order chi connectivity index (χ0) is 14.7. The third-order valence-electron chi connectivity index (χ3n) is 4.22. The number of fused-ring (bicyclic) bond motifs is 1. The van der Waals surface area contributed by atoms with Gasteiger partial charge in [0.1, 0.15) is 5.69 Å². The minimum absolute atomic E-state index is 0.123. The predicted octanol–water partition coefficient (Wildman–Crippen LogP) is 3.21. The lowest BCUT2D eigenvalue weighted by Gasteiger charge is -2.26. The van der Waals surface area contributed by atoms with Crippen LogP contribution in [0.25, 0.3) is 11.0 Å². The molecule has 0 radical (unpaired) electrons. The zero-order valence-electron chi connectivity index (χ0n) is 12.3. The molecule has 0 saturated heterocycles. The minimum Gasteiger partial charge on any atom is -0.356 e. The van der Waals surface area contributed by atoms with Crippen LogP contribution in [0, 0.1) is 5.92 Å². The molecule has 2 N–H and O–H groups in total. The molecule has 0 unspecified atom stereocenters. The largest absolute Gasteiger partial charge is 0.356 e. The maximum absolute atomic E-state index is 11.9. The molecule has 1 aliphatic rings. The molecule has 3 rings (SSSR count). The molecule has 1 aromatic heterocycles. The van der Waals surface area contributed by atoms with Crippen molar-refractivity contribution in [1.82, 2.24) is 15.8 Å². The van der Waals surface area contributed by atoms with E-state index in [1.807, 2.05) is 24.3 Å². The summed E-state index contributed by atoms with van der Waals surface area (Å²) >= 11 is 0. The Balaban J connectivity index is 1.52. The van der Waals surface area contributed by atoms with Crippen LogP contribution in [0.2, 0.25) is 0 Å². The van der Waals surface area contributed by atoms with Crippen LogP contribution in [0.15, 0.2) is 28.8 Å². The van der Waals surface area contributed by atoms with E-state index < -0.39 is 0 Å². The van der Waals surface area contributed by atoms with Gasteiger partial charge in [-0.1, -0.05) is 24.2 Å². The fourth-order valence-electron chi connectivity index (χ4n) is 2.87. The summed E-state index contributed by atoms with van der Waals surface area (Å²) in [6.07, 6.45) is 4.53. The van der Waals surface area contributed by atoms with Crippen molar-refractivity contribution in [3.8, 4) is 0 Å². The summed E-state index contributed by atoms with van der Waals surface area (Å²) in [6.45, 7) is 2.65. The van der Waals surface area contributed by atoms with Crippen LogP contribution >= 0.6 is 0 Å². The van der Waals surface area contributed by atoms with Crippen molar-refractivity contribution in [2.45, 2.75) is 45.2 Å². The van der Waals surface area contributed by atoms with Crippen LogP contribution < -0.4 is 10.6 Å². The highest BCUT2D eigenvalue weighted by Gasteiger charge is 2.19. The summed E-state index contributed by atoms with van der Waals surface area (Å²) in [6, 6.07) is 7.84. The first-order chi connectivity index (χ1) is 10.2. The van der Waals surface area contributed by atoms with E-state index in [2.05, 4.69) is 22.7 Å². The number of aromatic nitrogens is 1. The van der Waals surface area contributed by atoms with Crippen molar-refractivity contribution < 1.29 is 9.32 Å². The third-order valence-corrected chi connectivity index (χ3v) is 4.22. The molecule has 1 fully saturated rings. The number of hydrogen-bond donors (Lipinski definition) is 2. The number of nitrogens with one attached hydrogen (secondary N) is 2. The summed E-state index contributed by atoms with van der Waals surface area (Å²) in [4.78, 5) is 11.9. The molecule has 112 valence electrons. The summed E-state index contributed by atoms with van der Waals surface area (Å²) < 4.78 is 5.22. The Bertz CT molecular complexity index is 615. The van der Waals surface area contributed by atoms with Gasteiger partial charge in [0.15, 0.2) is 5.58 Å². The van der Waals surface area contributed by atoms with Crippen molar-refractivity contribution in [3.05, 3.63) is 30.0 Å². The Morgan fingerprint density at radius 1 is 1.29 bits per heavy atom. The standard InChI is InChI=1S/C16H21N3O2/c1-11-6-8-12(9-7-11)18-16(20)17-10-14-13-4-2-3-5-15(13)21-19-14/h2-5,11-12H,6-10H2,1H3,(H2,17,18,20). The predicted molar refractivity (Wildman–Crippen MR) is 80.8 cm³/mol. The molecule has 1 heterocycles. The molecule has 1 saturated carbocycles. The van der Waals surface area contributed by atoms with Gasteiger partial charge in [-0.3, -0.25) is 0 Å². The Kier molecular flexibility index (Phi) is 4.08. The van der Waals surface area contributed by atoms with E-state index >= 15 is 0 Å². The summed E-state index contributed by atoms with van der Waals surface area (Å²) in [5, 5.41) is 10.9. The molecule has 0 bridgehead atoms. The molecule has 21 heavy (non-hydrogen) atoms. The third kappa shape index (κ3) is 3.35. The van der Waals surface area contributed by atoms with Gasteiger partial charge in [-0.15, -0.1) is 0 Å². The van der Waals surface area contributed by atoms with Crippen LogP contribution in [0.1, 0.15) is 38.3 Å². The van der Waals surface area contributed by atoms with E-state index in [0.717, 1.165) is 35.4 Å². The lowest BCUT2D eigenvalue weighted by atomic mass is 9.87. The molecule has 0 aliphatic heterocycles. The van der Waals surface area contributed by atoms with E-state index in [4.69, 9.17) is 4.52 Å². The van der Waals surface area contributed by atoms with Gasteiger partial charge in [0, 0.05) is 11.4 Å². The lowest BCUT2D eigenvalue weighted by Crippen LogP contribution is -2.43. The van der Waals surface area contributed by atoms with Gasteiger partial charge in [0.2, 0.25) is 0 Å². The number of nitrogens with zero attached hydrogens (tertiary/aromatic N) is 1. The van der Waals surface area contributed by atoms with Gasteiger partial charge in [-0.25, -0.2) is 4.79 Å². The minimum atomic E-state index is -0.123. The quantitative estimate of drug-likeness (QED) is 0.911. The molecule has 2 amide bonds. The summed E-state index contributed by atoms with van der Waals surface area (Å²) in [7, 11) is 0. The number of carbonyl (C=O) groups excluding carboxylic acids is 1. The molecular weight excluding hydrogens is 266 g/mol. The highest BCUT2D eigenvalue weighted by Crippen LogP contribution is 2.23. The number of urea groups is 1. The number of rotatable bonds is 3. The average Bonchev–Trinajstić information content (AvgIpc) is 2.91. The smallest absolute Gasteiger partial charge is 0.315 e. The van der Waals surface area contributed by atoms with E-state index in [1.165, 1.54) is 12.8 Å². The average molecular weight is 287 g/mol. The maximum atomic E-state index is 11.9. The first kappa shape index (κ1) is 13.9. The lowest BCUT2D eigenvalue weighted by molar-refractivity contribution is 0.228. The Morgan fingerprint density at radius 2 is 2.05 bits per heavy atom. The van der Waals surface area contributed by atoms with Gasteiger partial charge in [-0.05, 0) is 43.7 Å². The van der Waals surface area contributed by atoms with Gasteiger partial charge >= 0.3 is 6.03 Å². The molecule has 2 aromatic rings.